The van der Waals surface area contributed by atoms with Crippen molar-refractivity contribution in [2.24, 2.45) is 10.2 Å². The highest BCUT2D eigenvalue weighted by atomic mass is 16.6. The van der Waals surface area contributed by atoms with E-state index in [1.54, 1.807) is 12.1 Å². The van der Waals surface area contributed by atoms with Gasteiger partial charge in [-0.2, -0.15) is 0 Å². The van der Waals surface area contributed by atoms with Gasteiger partial charge in [-0.1, -0.05) is 0 Å². The molecule has 0 saturated heterocycles. The molecule has 134 valence electrons. The van der Waals surface area contributed by atoms with E-state index in [9.17, 15) is 25.0 Å². The van der Waals surface area contributed by atoms with Gasteiger partial charge in [-0.3, -0.25) is 25.0 Å². The molecule has 1 N–H and O–H groups in total. The molecule has 11 nitrogen and oxygen atoms in total. The fraction of sp³-hybridized carbons (Fsp3) is 0.133. The Bertz CT molecular complexity index is 911. The number of nitro groups is 2. The van der Waals surface area contributed by atoms with E-state index in [2.05, 4.69) is 15.5 Å². The van der Waals surface area contributed by atoms with Crippen LogP contribution in [0.5, 0.6) is 5.75 Å². The lowest BCUT2D eigenvalue weighted by Gasteiger charge is -2.07. The molecule has 0 aliphatic heterocycles. The lowest BCUT2D eigenvalue weighted by molar-refractivity contribution is -0.393. The van der Waals surface area contributed by atoms with Crippen LogP contribution in [-0.4, -0.2) is 22.9 Å². The van der Waals surface area contributed by atoms with Gasteiger partial charge in [0.15, 0.2) is 5.69 Å². The van der Waals surface area contributed by atoms with E-state index in [4.69, 9.17) is 4.74 Å². The van der Waals surface area contributed by atoms with E-state index in [0.717, 1.165) is 18.2 Å². The highest BCUT2D eigenvalue weighted by Crippen LogP contribution is 2.35. The Morgan fingerprint density at radius 2 is 1.73 bits per heavy atom. The molecule has 0 radical (unpaired) electrons. The first-order valence-electron chi connectivity index (χ1n) is 7.12. The molecule has 0 spiro atoms. The number of methoxy groups -OCH3 is 1. The van der Waals surface area contributed by atoms with Crippen LogP contribution in [0.25, 0.3) is 0 Å². The third-order valence-electron chi connectivity index (χ3n) is 3.15. The second kappa shape index (κ2) is 7.79. The van der Waals surface area contributed by atoms with Crippen molar-refractivity contribution in [3.8, 4) is 5.75 Å². The highest BCUT2D eigenvalue weighted by Gasteiger charge is 2.19. The first kappa shape index (κ1) is 18.4. The van der Waals surface area contributed by atoms with Crippen LogP contribution in [-0.2, 0) is 4.79 Å². The maximum atomic E-state index is 11.3. The number of hydrogen-bond donors (Lipinski definition) is 1. The van der Waals surface area contributed by atoms with Crippen molar-refractivity contribution in [1.29, 1.82) is 0 Å². The molecule has 2 aromatic rings. The molecule has 0 aliphatic carbocycles. The topological polar surface area (TPSA) is 149 Å². The molecular formula is C15H13N5O6. The van der Waals surface area contributed by atoms with Gasteiger partial charge in [0.25, 0.3) is 5.69 Å². The zero-order valence-corrected chi connectivity index (χ0v) is 13.7. The van der Waals surface area contributed by atoms with E-state index in [1.807, 2.05) is 0 Å². The van der Waals surface area contributed by atoms with E-state index in [0.29, 0.717) is 11.4 Å². The number of carbonyl (C=O) groups excluding carboxylic acids is 1. The summed E-state index contributed by atoms with van der Waals surface area (Å²) in [5.41, 5.74) is -0.640. The number of nitrogens with zero attached hydrogens (tertiary/aromatic N) is 4. The van der Waals surface area contributed by atoms with Gasteiger partial charge in [0.05, 0.1) is 28.7 Å². The number of rotatable bonds is 6. The molecule has 11 heteroatoms. The van der Waals surface area contributed by atoms with Gasteiger partial charge in [0.1, 0.15) is 11.4 Å². The molecule has 0 bridgehead atoms. The number of nitro benzene ring substituents is 2. The summed E-state index contributed by atoms with van der Waals surface area (Å²) in [7, 11) is 1.44. The number of benzene rings is 2. The predicted molar refractivity (Wildman–Crippen MR) is 91.2 cm³/mol. The first-order valence-corrected chi connectivity index (χ1v) is 7.12. The van der Waals surface area contributed by atoms with Crippen LogP contribution >= 0.6 is 0 Å². The third-order valence-corrected chi connectivity index (χ3v) is 3.15. The molecule has 0 aromatic heterocycles. The first-order chi connectivity index (χ1) is 12.3. The van der Waals surface area contributed by atoms with Gasteiger partial charge < -0.3 is 10.1 Å². The summed E-state index contributed by atoms with van der Waals surface area (Å²) in [5.74, 6) is 0.0965. The Morgan fingerprint density at radius 1 is 1.04 bits per heavy atom. The van der Waals surface area contributed by atoms with E-state index in [-0.39, 0.29) is 17.3 Å². The average molecular weight is 359 g/mol. The monoisotopic (exact) mass is 359 g/mol. The van der Waals surface area contributed by atoms with Gasteiger partial charge in [-0.25, -0.2) is 0 Å². The zero-order chi connectivity index (χ0) is 19.3. The summed E-state index contributed by atoms with van der Waals surface area (Å²) < 4.78 is 5.07. The molecule has 0 aliphatic rings. The van der Waals surface area contributed by atoms with Gasteiger partial charge in [-0.15, -0.1) is 10.2 Å². The minimum Gasteiger partial charge on any atom is -0.497 e. The number of non-ortho nitro benzene ring substituents is 1. The SMILES string of the molecule is COc1ccc(NC(C)=O)c(N=Nc2ccc([N+](=O)[O-])cc2[N+](=O)[O-])c1. The van der Waals surface area contributed by atoms with Crippen molar-refractivity contribution >= 4 is 34.3 Å². The molecule has 0 saturated carbocycles. The highest BCUT2D eigenvalue weighted by molar-refractivity contribution is 5.92. The normalized spacial score (nSPS) is 10.5. The van der Waals surface area contributed by atoms with Crippen LogP contribution < -0.4 is 10.1 Å². The molecule has 0 fully saturated rings. The smallest absolute Gasteiger partial charge is 0.303 e. The number of amides is 1. The van der Waals surface area contributed by atoms with E-state index < -0.39 is 21.2 Å². The van der Waals surface area contributed by atoms with Crippen LogP contribution in [0.15, 0.2) is 46.6 Å². The number of anilines is 1. The van der Waals surface area contributed by atoms with Crippen molar-refractivity contribution in [1.82, 2.24) is 0 Å². The fourth-order valence-electron chi connectivity index (χ4n) is 1.98. The zero-order valence-electron chi connectivity index (χ0n) is 13.7. The van der Waals surface area contributed by atoms with E-state index in [1.165, 1.54) is 20.1 Å². The molecule has 0 unspecified atom stereocenters. The second-order valence-corrected chi connectivity index (χ2v) is 4.95. The summed E-state index contributed by atoms with van der Waals surface area (Å²) in [5, 5.41) is 32.1. The quantitative estimate of drug-likeness (QED) is 0.469. The number of ether oxygens (including phenoxy) is 1. The van der Waals surface area contributed by atoms with Crippen molar-refractivity contribution in [3.63, 3.8) is 0 Å². The van der Waals surface area contributed by atoms with Crippen molar-refractivity contribution < 1.29 is 19.4 Å². The fourth-order valence-corrected chi connectivity index (χ4v) is 1.98. The summed E-state index contributed by atoms with van der Waals surface area (Å²) in [6.45, 7) is 1.31. The van der Waals surface area contributed by atoms with Crippen molar-refractivity contribution in [3.05, 3.63) is 56.6 Å². The summed E-state index contributed by atoms with van der Waals surface area (Å²) in [4.78, 5) is 31.6. The van der Waals surface area contributed by atoms with Crippen LogP contribution in [0, 0.1) is 20.2 Å². The molecule has 0 atom stereocenters. The van der Waals surface area contributed by atoms with Crippen molar-refractivity contribution in [2.75, 3.05) is 12.4 Å². The number of hydrogen-bond acceptors (Lipinski definition) is 8. The summed E-state index contributed by atoms with van der Waals surface area (Å²) >= 11 is 0. The van der Waals surface area contributed by atoms with Crippen LogP contribution in [0.2, 0.25) is 0 Å². The van der Waals surface area contributed by atoms with Crippen LogP contribution in [0.3, 0.4) is 0 Å². The summed E-state index contributed by atoms with van der Waals surface area (Å²) in [6, 6.07) is 7.62. The largest absolute Gasteiger partial charge is 0.497 e. The minimum absolute atomic E-state index is 0.169. The van der Waals surface area contributed by atoms with E-state index >= 15 is 0 Å². The lowest BCUT2D eigenvalue weighted by Crippen LogP contribution is -2.05. The maximum Gasteiger partial charge on any atom is 0.303 e. The minimum atomic E-state index is -0.790. The Labute approximate surface area is 146 Å². The molecule has 2 aromatic carbocycles. The number of nitrogens with one attached hydrogen (secondary N) is 1. The number of carbonyl (C=O) groups is 1. The standard InChI is InChI=1S/C15H13N5O6/c1-9(21)16-12-6-4-11(26-2)8-14(12)18-17-13-5-3-10(19(22)23)7-15(13)20(24)25/h3-8H,1-2H3,(H,16,21). The Morgan fingerprint density at radius 3 is 2.31 bits per heavy atom. The lowest BCUT2D eigenvalue weighted by atomic mass is 10.2. The van der Waals surface area contributed by atoms with Crippen molar-refractivity contribution in [2.45, 2.75) is 6.92 Å². The van der Waals surface area contributed by atoms with Crippen LogP contribution in [0.4, 0.5) is 28.4 Å². The molecule has 2 rings (SSSR count). The van der Waals surface area contributed by atoms with Gasteiger partial charge in [-0.05, 0) is 18.2 Å². The predicted octanol–water partition coefficient (Wildman–Crippen LogP) is 3.89. The number of azo groups is 1. The van der Waals surface area contributed by atoms with Gasteiger partial charge in [0.2, 0.25) is 5.91 Å². The molecule has 1 amide bonds. The Kier molecular flexibility index (Phi) is 5.53. The summed E-state index contributed by atoms with van der Waals surface area (Å²) in [6.07, 6.45) is 0. The third kappa shape index (κ3) is 4.35. The average Bonchev–Trinajstić information content (AvgIpc) is 2.60. The van der Waals surface area contributed by atoms with Gasteiger partial charge in [0, 0.05) is 19.1 Å². The molecule has 26 heavy (non-hydrogen) atoms. The Hall–Kier alpha value is -3.89. The maximum absolute atomic E-state index is 11.3. The van der Waals surface area contributed by atoms with Crippen LogP contribution in [0.1, 0.15) is 6.92 Å². The Balaban J connectivity index is 2.47. The second-order valence-electron chi connectivity index (χ2n) is 4.95. The molecule has 0 heterocycles. The van der Waals surface area contributed by atoms with Gasteiger partial charge >= 0.3 is 5.69 Å². The molecular weight excluding hydrogens is 346 g/mol.